The van der Waals surface area contributed by atoms with Gasteiger partial charge in [0.15, 0.2) is 0 Å². The standard InChI is InChI=1S/C31H38N2O4/c1-21(2)26(15-16-31(3,4)30(34)35)36-24-12-14-27-23(19-24)20-25(29-32-17-18-33(29)5)28(37-27)13-11-22-9-7-6-8-10-22/h6-10,12,14,17-21,26,28H,11,13,15-16H2,1-5H3,(H,34,35). The highest BCUT2D eigenvalue weighted by Crippen LogP contribution is 2.38. The Balaban J connectivity index is 1.56. The largest absolute Gasteiger partial charge is 0.490 e. The lowest BCUT2D eigenvalue weighted by molar-refractivity contribution is -0.147. The summed E-state index contributed by atoms with van der Waals surface area (Å²) in [4.78, 5) is 16.2. The summed E-state index contributed by atoms with van der Waals surface area (Å²) in [6.45, 7) is 7.74. The number of rotatable bonds is 11. The van der Waals surface area contributed by atoms with Crippen LogP contribution in [-0.2, 0) is 18.3 Å². The number of hydrogen-bond donors (Lipinski definition) is 1. The van der Waals surface area contributed by atoms with Crippen LogP contribution in [-0.4, -0.2) is 32.8 Å². The Labute approximate surface area is 220 Å². The van der Waals surface area contributed by atoms with Crippen molar-refractivity contribution in [3.05, 3.63) is 77.9 Å². The quantitative estimate of drug-likeness (QED) is 0.318. The van der Waals surface area contributed by atoms with E-state index in [-0.39, 0.29) is 18.1 Å². The van der Waals surface area contributed by atoms with Gasteiger partial charge in [-0.15, -0.1) is 0 Å². The molecule has 1 aliphatic heterocycles. The van der Waals surface area contributed by atoms with E-state index in [0.29, 0.717) is 12.8 Å². The van der Waals surface area contributed by atoms with Crippen molar-refractivity contribution in [3.63, 3.8) is 0 Å². The van der Waals surface area contributed by atoms with Crippen molar-refractivity contribution in [2.45, 2.75) is 65.6 Å². The number of imidazole rings is 1. The first-order valence-electron chi connectivity index (χ1n) is 13.1. The second kappa shape index (κ2) is 11.2. The molecular weight excluding hydrogens is 464 g/mol. The average molecular weight is 503 g/mol. The number of hydrogen-bond acceptors (Lipinski definition) is 4. The Morgan fingerprint density at radius 2 is 1.95 bits per heavy atom. The molecule has 4 rings (SSSR count). The number of aryl methyl sites for hydroxylation is 2. The van der Waals surface area contributed by atoms with Crippen LogP contribution in [0.15, 0.2) is 60.9 Å². The summed E-state index contributed by atoms with van der Waals surface area (Å²) in [6, 6.07) is 16.4. The summed E-state index contributed by atoms with van der Waals surface area (Å²) in [5.74, 6) is 1.95. The molecule has 2 heterocycles. The summed E-state index contributed by atoms with van der Waals surface area (Å²) in [6.07, 6.45) is 8.70. The predicted octanol–water partition coefficient (Wildman–Crippen LogP) is 6.65. The first-order valence-corrected chi connectivity index (χ1v) is 13.1. The third-order valence-electron chi connectivity index (χ3n) is 7.19. The fourth-order valence-corrected chi connectivity index (χ4v) is 4.62. The SMILES string of the molecule is CC(C)C(CCC(C)(C)C(=O)O)Oc1ccc2c(c1)C=C(c1nccn1C)C(CCc1ccccc1)O2. The average Bonchev–Trinajstić information content (AvgIpc) is 3.30. The Kier molecular flexibility index (Phi) is 8.06. The molecule has 2 unspecified atom stereocenters. The Bertz CT molecular complexity index is 1240. The van der Waals surface area contributed by atoms with Gasteiger partial charge in [-0.25, -0.2) is 4.98 Å². The molecule has 0 radical (unpaired) electrons. The van der Waals surface area contributed by atoms with Crippen molar-refractivity contribution in [1.82, 2.24) is 9.55 Å². The van der Waals surface area contributed by atoms with Gasteiger partial charge < -0.3 is 19.1 Å². The van der Waals surface area contributed by atoms with Crippen LogP contribution in [0.25, 0.3) is 11.6 Å². The molecule has 1 aliphatic rings. The Morgan fingerprint density at radius 1 is 1.19 bits per heavy atom. The molecular formula is C31H38N2O4. The molecule has 0 bridgehead atoms. The summed E-state index contributed by atoms with van der Waals surface area (Å²) < 4.78 is 15.0. The molecule has 2 atom stereocenters. The van der Waals surface area contributed by atoms with Crippen LogP contribution in [0.1, 0.15) is 63.9 Å². The van der Waals surface area contributed by atoms with Crippen LogP contribution in [0.3, 0.4) is 0 Å². The van der Waals surface area contributed by atoms with Gasteiger partial charge in [-0.2, -0.15) is 0 Å². The number of nitrogens with zero attached hydrogens (tertiary/aromatic N) is 2. The smallest absolute Gasteiger partial charge is 0.309 e. The van der Waals surface area contributed by atoms with Gasteiger partial charge in [0.25, 0.3) is 0 Å². The zero-order chi connectivity index (χ0) is 26.6. The number of fused-ring (bicyclic) bond motifs is 1. The van der Waals surface area contributed by atoms with Gasteiger partial charge in [0.05, 0.1) is 5.41 Å². The van der Waals surface area contributed by atoms with Crippen LogP contribution in [0.2, 0.25) is 0 Å². The zero-order valence-corrected chi connectivity index (χ0v) is 22.5. The van der Waals surface area contributed by atoms with Gasteiger partial charge in [0.1, 0.15) is 29.5 Å². The minimum absolute atomic E-state index is 0.0854. The highest BCUT2D eigenvalue weighted by Gasteiger charge is 2.30. The van der Waals surface area contributed by atoms with E-state index in [1.54, 1.807) is 13.8 Å². The molecule has 6 heteroatoms. The predicted molar refractivity (Wildman–Crippen MR) is 147 cm³/mol. The molecule has 0 amide bonds. The van der Waals surface area contributed by atoms with Gasteiger partial charge in [-0.1, -0.05) is 44.2 Å². The number of ether oxygens (including phenoxy) is 2. The van der Waals surface area contributed by atoms with Gasteiger partial charge in [0.2, 0.25) is 0 Å². The number of carbonyl (C=O) groups is 1. The van der Waals surface area contributed by atoms with Crippen molar-refractivity contribution in [2.24, 2.45) is 18.4 Å². The molecule has 0 aliphatic carbocycles. The van der Waals surface area contributed by atoms with E-state index in [2.05, 4.69) is 49.2 Å². The van der Waals surface area contributed by atoms with Crippen molar-refractivity contribution >= 4 is 17.6 Å². The molecule has 0 saturated heterocycles. The first-order chi connectivity index (χ1) is 17.6. The van der Waals surface area contributed by atoms with Gasteiger partial charge in [-0.3, -0.25) is 4.79 Å². The number of aromatic nitrogens is 2. The van der Waals surface area contributed by atoms with Crippen LogP contribution in [0.4, 0.5) is 0 Å². The normalized spacial score (nSPS) is 16.1. The van der Waals surface area contributed by atoms with Crippen molar-refractivity contribution in [1.29, 1.82) is 0 Å². The van der Waals surface area contributed by atoms with E-state index in [1.807, 2.05) is 48.3 Å². The maximum atomic E-state index is 11.6. The van der Waals surface area contributed by atoms with Crippen LogP contribution in [0, 0.1) is 11.3 Å². The molecule has 0 saturated carbocycles. The summed E-state index contributed by atoms with van der Waals surface area (Å²) >= 11 is 0. The third kappa shape index (κ3) is 6.43. The zero-order valence-electron chi connectivity index (χ0n) is 22.5. The molecule has 196 valence electrons. The Hall–Kier alpha value is -3.54. The Morgan fingerprint density at radius 3 is 2.59 bits per heavy atom. The second-order valence-corrected chi connectivity index (χ2v) is 10.9. The van der Waals surface area contributed by atoms with Crippen LogP contribution in [0.5, 0.6) is 11.5 Å². The highest BCUT2D eigenvalue weighted by molar-refractivity contribution is 5.85. The fraction of sp³-hybridized carbons (Fsp3) is 0.419. The molecule has 0 fully saturated rings. The lowest BCUT2D eigenvalue weighted by Gasteiger charge is -2.29. The van der Waals surface area contributed by atoms with Crippen molar-refractivity contribution in [2.75, 3.05) is 0 Å². The monoisotopic (exact) mass is 502 g/mol. The topological polar surface area (TPSA) is 73.6 Å². The van der Waals surface area contributed by atoms with Gasteiger partial charge >= 0.3 is 5.97 Å². The molecule has 3 aromatic rings. The minimum atomic E-state index is -0.783. The number of benzene rings is 2. The lowest BCUT2D eigenvalue weighted by atomic mass is 9.85. The van der Waals surface area contributed by atoms with E-state index < -0.39 is 11.4 Å². The molecule has 6 nitrogen and oxygen atoms in total. The van der Waals surface area contributed by atoms with E-state index in [1.165, 1.54) is 5.56 Å². The summed E-state index contributed by atoms with van der Waals surface area (Å²) in [7, 11) is 2.00. The number of aliphatic carboxylic acids is 1. The van der Waals surface area contributed by atoms with Crippen molar-refractivity contribution in [3.8, 4) is 11.5 Å². The number of carboxylic acid groups (broad SMARTS) is 1. The maximum Gasteiger partial charge on any atom is 0.309 e. The second-order valence-electron chi connectivity index (χ2n) is 10.9. The molecule has 37 heavy (non-hydrogen) atoms. The summed E-state index contributed by atoms with van der Waals surface area (Å²) in [5.41, 5.74) is 2.51. The van der Waals surface area contributed by atoms with Crippen molar-refractivity contribution < 1.29 is 19.4 Å². The molecule has 1 aromatic heterocycles. The van der Waals surface area contributed by atoms with Gasteiger partial charge in [0, 0.05) is 30.6 Å². The van der Waals surface area contributed by atoms with Crippen LogP contribution >= 0.6 is 0 Å². The maximum absolute atomic E-state index is 11.6. The summed E-state index contributed by atoms with van der Waals surface area (Å²) in [5, 5.41) is 9.49. The first kappa shape index (κ1) is 26.5. The minimum Gasteiger partial charge on any atom is -0.490 e. The lowest BCUT2D eigenvalue weighted by Crippen LogP contribution is -2.29. The van der Waals surface area contributed by atoms with Gasteiger partial charge in [-0.05, 0) is 75.3 Å². The highest BCUT2D eigenvalue weighted by atomic mass is 16.5. The van der Waals surface area contributed by atoms with E-state index >= 15 is 0 Å². The van der Waals surface area contributed by atoms with E-state index in [0.717, 1.165) is 41.3 Å². The van der Waals surface area contributed by atoms with E-state index in [4.69, 9.17) is 9.47 Å². The number of carboxylic acids is 1. The molecule has 2 aromatic carbocycles. The molecule has 1 N–H and O–H groups in total. The van der Waals surface area contributed by atoms with Crippen LogP contribution < -0.4 is 9.47 Å². The van der Waals surface area contributed by atoms with E-state index in [9.17, 15) is 9.90 Å². The fourth-order valence-electron chi connectivity index (χ4n) is 4.62. The third-order valence-corrected chi connectivity index (χ3v) is 7.19. The molecule has 0 spiro atoms.